The first kappa shape index (κ1) is 15.2. The Morgan fingerprint density at radius 2 is 1.95 bits per heavy atom. The monoisotopic (exact) mass is 304 g/mol. The standard InChI is InChI=1S/C12H20N2O5S/c13-20(18,19)8-9-6-10(15)14(7-9)12(11(16)17)4-2-1-3-5-12/h9H,1-8H2,(H,16,17)(H2,13,18,19). The van der Waals surface area contributed by atoms with Gasteiger partial charge in [0.15, 0.2) is 0 Å². The minimum absolute atomic E-state index is 0.0610. The molecule has 0 aromatic heterocycles. The number of carboxylic acids is 1. The quantitative estimate of drug-likeness (QED) is 0.752. The summed E-state index contributed by atoms with van der Waals surface area (Å²) in [6.45, 7) is 0.168. The Kier molecular flexibility index (Phi) is 4.06. The molecule has 8 heteroatoms. The summed E-state index contributed by atoms with van der Waals surface area (Å²) in [5.41, 5.74) is -1.15. The van der Waals surface area contributed by atoms with Crippen molar-refractivity contribution in [2.24, 2.45) is 11.1 Å². The molecule has 2 aliphatic rings. The van der Waals surface area contributed by atoms with E-state index >= 15 is 0 Å². The van der Waals surface area contributed by atoms with Gasteiger partial charge in [0.25, 0.3) is 0 Å². The van der Waals surface area contributed by atoms with Crippen molar-refractivity contribution in [2.75, 3.05) is 12.3 Å². The van der Waals surface area contributed by atoms with Crippen molar-refractivity contribution >= 4 is 21.9 Å². The van der Waals surface area contributed by atoms with E-state index in [0.717, 1.165) is 19.3 Å². The van der Waals surface area contributed by atoms with Crippen molar-refractivity contribution in [3.05, 3.63) is 0 Å². The Balaban J connectivity index is 2.18. The maximum Gasteiger partial charge on any atom is 0.329 e. The number of nitrogens with zero attached hydrogens (tertiary/aromatic N) is 1. The normalized spacial score (nSPS) is 26.8. The number of sulfonamides is 1. The predicted molar refractivity (Wildman–Crippen MR) is 71.2 cm³/mol. The molecule has 0 aromatic rings. The number of amides is 1. The minimum Gasteiger partial charge on any atom is -0.479 e. The van der Waals surface area contributed by atoms with Crippen LogP contribution in [0.25, 0.3) is 0 Å². The molecule has 1 saturated carbocycles. The number of hydrogen-bond donors (Lipinski definition) is 2. The first-order valence-electron chi connectivity index (χ1n) is 6.79. The molecule has 1 amide bonds. The zero-order valence-electron chi connectivity index (χ0n) is 11.2. The highest BCUT2D eigenvalue weighted by Crippen LogP contribution is 2.38. The SMILES string of the molecule is NS(=O)(=O)CC1CC(=O)N(C2(C(=O)O)CCCCC2)C1. The Morgan fingerprint density at radius 3 is 2.45 bits per heavy atom. The second-order valence-corrected chi connectivity index (χ2v) is 7.46. The lowest BCUT2D eigenvalue weighted by atomic mass is 9.80. The van der Waals surface area contributed by atoms with E-state index in [1.807, 2.05) is 0 Å². The van der Waals surface area contributed by atoms with Gasteiger partial charge in [-0.1, -0.05) is 19.3 Å². The molecular formula is C12H20N2O5S. The molecule has 1 heterocycles. The van der Waals surface area contributed by atoms with Crippen LogP contribution in [0.15, 0.2) is 0 Å². The zero-order valence-corrected chi connectivity index (χ0v) is 12.1. The van der Waals surface area contributed by atoms with Gasteiger partial charge in [-0.2, -0.15) is 0 Å². The van der Waals surface area contributed by atoms with Gasteiger partial charge >= 0.3 is 5.97 Å². The zero-order chi connectivity index (χ0) is 15.0. The van der Waals surface area contributed by atoms with Crippen LogP contribution in [0.5, 0.6) is 0 Å². The van der Waals surface area contributed by atoms with Crippen LogP contribution in [0, 0.1) is 5.92 Å². The number of hydrogen-bond acceptors (Lipinski definition) is 4. The van der Waals surface area contributed by atoms with E-state index in [4.69, 9.17) is 5.14 Å². The lowest BCUT2D eigenvalue weighted by molar-refractivity contribution is -0.159. The van der Waals surface area contributed by atoms with Crippen LogP contribution in [0.2, 0.25) is 0 Å². The maximum atomic E-state index is 12.1. The second-order valence-electron chi connectivity index (χ2n) is 5.80. The first-order chi connectivity index (χ1) is 9.24. The van der Waals surface area contributed by atoms with Crippen molar-refractivity contribution in [1.29, 1.82) is 0 Å². The fourth-order valence-electron chi connectivity index (χ4n) is 3.37. The van der Waals surface area contributed by atoms with Crippen molar-refractivity contribution < 1.29 is 23.1 Å². The third kappa shape index (κ3) is 2.95. The van der Waals surface area contributed by atoms with Crippen molar-refractivity contribution in [1.82, 2.24) is 4.90 Å². The molecule has 2 rings (SSSR count). The highest BCUT2D eigenvalue weighted by Gasteiger charge is 2.50. The summed E-state index contributed by atoms with van der Waals surface area (Å²) >= 11 is 0. The van der Waals surface area contributed by atoms with E-state index in [1.54, 1.807) is 0 Å². The van der Waals surface area contributed by atoms with Crippen LogP contribution in [0.4, 0.5) is 0 Å². The van der Waals surface area contributed by atoms with Gasteiger partial charge in [0.1, 0.15) is 5.54 Å². The van der Waals surface area contributed by atoms with Crippen LogP contribution in [-0.4, -0.2) is 48.1 Å². The smallest absolute Gasteiger partial charge is 0.329 e. The van der Waals surface area contributed by atoms with Crippen LogP contribution in [0.1, 0.15) is 38.5 Å². The summed E-state index contributed by atoms with van der Waals surface area (Å²) < 4.78 is 22.2. The first-order valence-corrected chi connectivity index (χ1v) is 8.50. The highest BCUT2D eigenvalue weighted by molar-refractivity contribution is 7.89. The van der Waals surface area contributed by atoms with Crippen LogP contribution in [0.3, 0.4) is 0 Å². The summed E-state index contributed by atoms with van der Waals surface area (Å²) in [5.74, 6) is -1.94. The van der Waals surface area contributed by atoms with E-state index < -0.39 is 27.4 Å². The molecule has 0 radical (unpaired) electrons. The van der Waals surface area contributed by atoms with E-state index in [2.05, 4.69) is 0 Å². The second kappa shape index (κ2) is 5.33. The number of carbonyl (C=O) groups is 2. The molecule has 20 heavy (non-hydrogen) atoms. The molecule has 1 aliphatic heterocycles. The molecule has 0 spiro atoms. The van der Waals surface area contributed by atoms with Gasteiger partial charge in [-0.05, 0) is 12.8 Å². The van der Waals surface area contributed by atoms with E-state index in [0.29, 0.717) is 12.8 Å². The summed E-state index contributed by atoms with van der Waals surface area (Å²) in [4.78, 5) is 25.1. The highest BCUT2D eigenvalue weighted by atomic mass is 32.2. The molecule has 7 nitrogen and oxygen atoms in total. The Hall–Kier alpha value is -1.15. The molecule has 0 aromatic carbocycles. The molecule has 1 saturated heterocycles. The van der Waals surface area contributed by atoms with Gasteiger partial charge < -0.3 is 10.0 Å². The number of carboxylic acid groups (broad SMARTS) is 1. The summed E-state index contributed by atoms with van der Waals surface area (Å²) in [6, 6.07) is 0. The van der Waals surface area contributed by atoms with Crippen LogP contribution < -0.4 is 5.14 Å². The van der Waals surface area contributed by atoms with Gasteiger partial charge in [0, 0.05) is 18.9 Å². The molecule has 1 aliphatic carbocycles. The maximum absolute atomic E-state index is 12.1. The number of nitrogens with two attached hydrogens (primary N) is 1. The third-order valence-electron chi connectivity index (χ3n) is 4.27. The molecule has 114 valence electrons. The fraction of sp³-hybridized carbons (Fsp3) is 0.833. The number of rotatable bonds is 4. The van der Waals surface area contributed by atoms with Gasteiger partial charge in [0.05, 0.1) is 5.75 Å². The van der Waals surface area contributed by atoms with Gasteiger partial charge in [-0.3, -0.25) is 4.79 Å². The Morgan fingerprint density at radius 1 is 1.35 bits per heavy atom. The lowest BCUT2D eigenvalue weighted by Crippen LogP contribution is -2.56. The number of carbonyl (C=O) groups excluding carboxylic acids is 1. The fourth-order valence-corrected chi connectivity index (χ4v) is 4.25. The molecule has 2 fully saturated rings. The van der Waals surface area contributed by atoms with Crippen molar-refractivity contribution in [2.45, 2.75) is 44.1 Å². The Labute approximate surface area is 118 Å². The van der Waals surface area contributed by atoms with Gasteiger partial charge in [-0.15, -0.1) is 0 Å². The lowest BCUT2D eigenvalue weighted by Gasteiger charge is -2.41. The Bertz CT molecular complexity index is 510. The van der Waals surface area contributed by atoms with Gasteiger partial charge in [0.2, 0.25) is 15.9 Å². The third-order valence-corrected chi connectivity index (χ3v) is 5.20. The number of likely N-dealkylation sites (tertiary alicyclic amines) is 1. The largest absolute Gasteiger partial charge is 0.479 e. The molecule has 0 bridgehead atoms. The summed E-state index contributed by atoms with van der Waals surface area (Å²) in [6.07, 6.45) is 3.46. The van der Waals surface area contributed by atoms with E-state index in [1.165, 1.54) is 4.90 Å². The van der Waals surface area contributed by atoms with E-state index in [-0.39, 0.29) is 24.6 Å². The van der Waals surface area contributed by atoms with Crippen LogP contribution >= 0.6 is 0 Å². The topological polar surface area (TPSA) is 118 Å². The molecule has 3 N–H and O–H groups in total. The van der Waals surface area contributed by atoms with Gasteiger partial charge in [-0.25, -0.2) is 18.4 Å². The average molecular weight is 304 g/mol. The van der Waals surface area contributed by atoms with Crippen LogP contribution in [-0.2, 0) is 19.6 Å². The summed E-state index contributed by atoms with van der Waals surface area (Å²) in [5, 5.41) is 14.6. The molecule has 1 unspecified atom stereocenters. The minimum atomic E-state index is -3.65. The average Bonchev–Trinajstić information content (AvgIpc) is 2.68. The molecule has 1 atom stereocenters. The summed E-state index contributed by atoms with van der Waals surface area (Å²) in [7, 11) is -3.65. The number of aliphatic carboxylic acids is 1. The van der Waals surface area contributed by atoms with Crippen molar-refractivity contribution in [3.8, 4) is 0 Å². The van der Waals surface area contributed by atoms with Crippen molar-refractivity contribution in [3.63, 3.8) is 0 Å². The molecular weight excluding hydrogens is 284 g/mol. The predicted octanol–water partition coefficient (Wildman–Crippen LogP) is -0.0891. The number of primary sulfonamides is 1. The van der Waals surface area contributed by atoms with E-state index in [9.17, 15) is 23.1 Å².